The number of benzene rings is 2. The Morgan fingerprint density at radius 3 is 2.65 bits per heavy atom. The molecule has 0 spiro atoms. The zero-order valence-electron chi connectivity index (χ0n) is 12.1. The Balaban J connectivity index is 1.79. The van der Waals surface area contributed by atoms with Crippen molar-refractivity contribution in [2.24, 2.45) is 0 Å². The van der Waals surface area contributed by atoms with Crippen LogP contribution in [0.3, 0.4) is 0 Å². The van der Waals surface area contributed by atoms with Crippen molar-refractivity contribution in [2.45, 2.75) is 6.10 Å². The average Bonchev–Trinajstić information content (AvgIpc) is 2.57. The maximum absolute atomic E-state index is 13.4. The van der Waals surface area contributed by atoms with Crippen molar-refractivity contribution in [1.82, 2.24) is 4.90 Å². The van der Waals surface area contributed by atoms with Crippen molar-refractivity contribution >= 4 is 37.8 Å². The standard InChI is InChI=1S/C17H14Br2FNO2/c18-12-3-1-11(2-4-12)16-10-21(7-8-23-16)17(22)14-9-13(20)5-6-15(14)19/h1-6,9,16H,7-8,10H2. The van der Waals surface area contributed by atoms with Gasteiger partial charge in [-0.15, -0.1) is 0 Å². The molecule has 0 N–H and O–H groups in total. The van der Waals surface area contributed by atoms with Gasteiger partial charge in [0.25, 0.3) is 5.91 Å². The first-order chi connectivity index (χ1) is 11.0. The highest BCUT2D eigenvalue weighted by atomic mass is 79.9. The van der Waals surface area contributed by atoms with Crippen LogP contribution >= 0.6 is 31.9 Å². The summed E-state index contributed by atoms with van der Waals surface area (Å²) in [5.74, 6) is -0.615. The summed E-state index contributed by atoms with van der Waals surface area (Å²) in [4.78, 5) is 14.4. The van der Waals surface area contributed by atoms with Gasteiger partial charge >= 0.3 is 0 Å². The van der Waals surface area contributed by atoms with Crippen LogP contribution in [0.2, 0.25) is 0 Å². The van der Waals surface area contributed by atoms with E-state index < -0.39 is 5.82 Å². The first-order valence-corrected chi connectivity index (χ1v) is 8.74. The summed E-state index contributed by atoms with van der Waals surface area (Å²) in [5.41, 5.74) is 1.35. The number of carbonyl (C=O) groups excluding carboxylic acids is 1. The Morgan fingerprint density at radius 2 is 1.91 bits per heavy atom. The smallest absolute Gasteiger partial charge is 0.255 e. The van der Waals surface area contributed by atoms with Crippen molar-refractivity contribution in [1.29, 1.82) is 0 Å². The van der Waals surface area contributed by atoms with Crippen molar-refractivity contribution in [3.8, 4) is 0 Å². The van der Waals surface area contributed by atoms with E-state index in [9.17, 15) is 9.18 Å². The zero-order valence-corrected chi connectivity index (χ0v) is 15.3. The molecule has 2 aromatic rings. The van der Waals surface area contributed by atoms with Gasteiger partial charge in [-0.3, -0.25) is 4.79 Å². The highest BCUT2D eigenvalue weighted by molar-refractivity contribution is 9.10. The van der Waals surface area contributed by atoms with Gasteiger partial charge in [0.15, 0.2) is 0 Å². The Kier molecular flexibility index (Phi) is 5.14. The SMILES string of the molecule is O=C(c1cc(F)ccc1Br)N1CCOC(c2ccc(Br)cc2)C1. The van der Waals surface area contributed by atoms with E-state index in [2.05, 4.69) is 31.9 Å². The van der Waals surface area contributed by atoms with Crippen LogP contribution in [0.1, 0.15) is 22.0 Å². The van der Waals surface area contributed by atoms with E-state index in [1.54, 1.807) is 11.0 Å². The highest BCUT2D eigenvalue weighted by Gasteiger charge is 2.27. The topological polar surface area (TPSA) is 29.5 Å². The number of morpholine rings is 1. The summed E-state index contributed by atoms with van der Waals surface area (Å²) in [5, 5.41) is 0. The molecule has 120 valence electrons. The van der Waals surface area contributed by atoms with E-state index in [1.807, 2.05) is 24.3 Å². The van der Waals surface area contributed by atoms with E-state index in [-0.39, 0.29) is 12.0 Å². The van der Waals surface area contributed by atoms with E-state index in [0.29, 0.717) is 29.7 Å². The molecule has 0 aliphatic carbocycles. The quantitative estimate of drug-likeness (QED) is 0.682. The number of nitrogens with zero attached hydrogens (tertiary/aromatic N) is 1. The fourth-order valence-corrected chi connectivity index (χ4v) is 3.23. The molecule has 1 saturated heterocycles. The number of carbonyl (C=O) groups is 1. The largest absolute Gasteiger partial charge is 0.370 e. The third-order valence-electron chi connectivity index (χ3n) is 3.75. The van der Waals surface area contributed by atoms with Crippen molar-refractivity contribution in [3.05, 3.63) is 68.4 Å². The van der Waals surface area contributed by atoms with Crippen LogP contribution in [0.4, 0.5) is 4.39 Å². The minimum atomic E-state index is -0.422. The summed E-state index contributed by atoms with van der Waals surface area (Å²) >= 11 is 6.72. The predicted molar refractivity (Wildman–Crippen MR) is 92.8 cm³/mol. The van der Waals surface area contributed by atoms with Crippen LogP contribution in [0.25, 0.3) is 0 Å². The lowest BCUT2D eigenvalue weighted by molar-refractivity contribution is -0.0228. The monoisotopic (exact) mass is 441 g/mol. The molecular weight excluding hydrogens is 429 g/mol. The highest BCUT2D eigenvalue weighted by Crippen LogP contribution is 2.26. The number of hydrogen-bond donors (Lipinski definition) is 0. The average molecular weight is 443 g/mol. The molecule has 2 aromatic carbocycles. The maximum atomic E-state index is 13.4. The number of rotatable bonds is 2. The molecule has 1 aliphatic heterocycles. The fraction of sp³-hybridized carbons (Fsp3) is 0.235. The lowest BCUT2D eigenvalue weighted by atomic mass is 10.1. The molecule has 1 heterocycles. The molecule has 0 aromatic heterocycles. The normalized spacial score (nSPS) is 18.0. The molecule has 0 bridgehead atoms. The van der Waals surface area contributed by atoms with Crippen LogP contribution < -0.4 is 0 Å². The summed E-state index contributed by atoms with van der Waals surface area (Å²) in [6.07, 6.45) is -0.173. The summed E-state index contributed by atoms with van der Waals surface area (Å²) in [6.45, 7) is 1.40. The number of amides is 1. The van der Waals surface area contributed by atoms with Crippen LogP contribution in [0, 0.1) is 5.82 Å². The second kappa shape index (κ2) is 7.11. The molecule has 1 unspecified atom stereocenters. The second-order valence-electron chi connectivity index (χ2n) is 5.29. The third kappa shape index (κ3) is 3.82. The predicted octanol–water partition coefficient (Wildman–Crippen LogP) is 4.56. The summed E-state index contributed by atoms with van der Waals surface area (Å²) < 4.78 is 20.8. The first kappa shape index (κ1) is 16.6. The minimum absolute atomic E-state index is 0.173. The van der Waals surface area contributed by atoms with Gasteiger partial charge in [0.2, 0.25) is 0 Å². The van der Waals surface area contributed by atoms with Crippen molar-refractivity contribution < 1.29 is 13.9 Å². The molecule has 1 amide bonds. The molecule has 1 fully saturated rings. The Labute approximate surface area is 150 Å². The van der Waals surface area contributed by atoms with Gasteiger partial charge < -0.3 is 9.64 Å². The third-order valence-corrected chi connectivity index (χ3v) is 4.97. The maximum Gasteiger partial charge on any atom is 0.255 e. The van der Waals surface area contributed by atoms with Crippen LogP contribution in [-0.2, 0) is 4.74 Å². The van der Waals surface area contributed by atoms with Gasteiger partial charge in [-0.1, -0.05) is 28.1 Å². The van der Waals surface area contributed by atoms with Gasteiger partial charge in [0, 0.05) is 15.5 Å². The Morgan fingerprint density at radius 1 is 1.17 bits per heavy atom. The molecule has 23 heavy (non-hydrogen) atoms. The molecular formula is C17H14Br2FNO2. The molecule has 1 aliphatic rings. The zero-order chi connectivity index (χ0) is 16.4. The molecule has 0 radical (unpaired) electrons. The van der Waals surface area contributed by atoms with Gasteiger partial charge in [-0.25, -0.2) is 4.39 Å². The van der Waals surface area contributed by atoms with Gasteiger partial charge in [0.05, 0.1) is 18.7 Å². The Hall–Kier alpha value is -1.24. The van der Waals surface area contributed by atoms with E-state index in [1.165, 1.54) is 12.1 Å². The molecule has 0 saturated carbocycles. The van der Waals surface area contributed by atoms with Gasteiger partial charge in [-0.05, 0) is 51.8 Å². The van der Waals surface area contributed by atoms with E-state index >= 15 is 0 Å². The summed E-state index contributed by atoms with van der Waals surface area (Å²) in [6, 6.07) is 12.0. The fourth-order valence-electron chi connectivity index (χ4n) is 2.54. The van der Waals surface area contributed by atoms with E-state index in [0.717, 1.165) is 10.0 Å². The minimum Gasteiger partial charge on any atom is -0.370 e. The lowest BCUT2D eigenvalue weighted by Gasteiger charge is -2.33. The number of hydrogen-bond acceptors (Lipinski definition) is 2. The Bertz CT molecular complexity index is 721. The number of halogens is 3. The van der Waals surface area contributed by atoms with Gasteiger partial charge in [-0.2, -0.15) is 0 Å². The molecule has 3 rings (SSSR count). The summed E-state index contributed by atoms with van der Waals surface area (Å²) in [7, 11) is 0. The van der Waals surface area contributed by atoms with Crippen LogP contribution in [0.5, 0.6) is 0 Å². The molecule has 3 nitrogen and oxygen atoms in total. The second-order valence-corrected chi connectivity index (χ2v) is 7.06. The number of ether oxygens (including phenoxy) is 1. The molecule has 1 atom stereocenters. The first-order valence-electron chi connectivity index (χ1n) is 7.16. The van der Waals surface area contributed by atoms with E-state index in [4.69, 9.17) is 4.74 Å². The van der Waals surface area contributed by atoms with Crippen LogP contribution in [0.15, 0.2) is 51.4 Å². The van der Waals surface area contributed by atoms with Crippen molar-refractivity contribution in [3.63, 3.8) is 0 Å². The van der Waals surface area contributed by atoms with Crippen molar-refractivity contribution in [2.75, 3.05) is 19.7 Å². The molecule has 6 heteroatoms. The van der Waals surface area contributed by atoms with Crippen LogP contribution in [-0.4, -0.2) is 30.5 Å². The van der Waals surface area contributed by atoms with Gasteiger partial charge in [0.1, 0.15) is 11.9 Å². The lowest BCUT2D eigenvalue weighted by Crippen LogP contribution is -2.42.